The Hall–Kier alpha value is -1.59. The summed E-state index contributed by atoms with van der Waals surface area (Å²) in [5.41, 5.74) is 1.18. The third-order valence-electron chi connectivity index (χ3n) is 5.37. The van der Waals surface area contributed by atoms with E-state index in [0.29, 0.717) is 25.7 Å². The minimum atomic E-state index is 0.0380. The zero-order chi connectivity index (χ0) is 17.5. The lowest BCUT2D eigenvalue weighted by Gasteiger charge is -2.37. The second-order valence-corrected chi connectivity index (χ2v) is 7.03. The first-order valence-corrected chi connectivity index (χ1v) is 9.55. The van der Waals surface area contributed by atoms with E-state index in [9.17, 15) is 4.79 Å². The van der Waals surface area contributed by atoms with Crippen molar-refractivity contribution >= 4 is 6.03 Å². The molecule has 5 nitrogen and oxygen atoms in total. The maximum absolute atomic E-state index is 12.9. The van der Waals surface area contributed by atoms with E-state index in [1.807, 2.05) is 23.1 Å². The molecule has 2 aliphatic heterocycles. The van der Waals surface area contributed by atoms with E-state index < -0.39 is 0 Å². The lowest BCUT2D eigenvalue weighted by molar-refractivity contribution is 0.0102. The molecule has 0 bridgehead atoms. The number of rotatable bonds is 5. The molecule has 1 aromatic rings. The van der Waals surface area contributed by atoms with Crippen LogP contribution in [-0.2, 0) is 9.47 Å². The second-order valence-electron chi connectivity index (χ2n) is 7.03. The Labute approximate surface area is 150 Å². The van der Waals surface area contributed by atoms with Crippen LogP contribution in [0.15, 0.2) is 30.3 Å². The molecule has 0 aliphatic carbocycles. The maximum atomic E-state index is 12.9. The average Bonchev–Trinajstić information content (AvgIpc) is 2.69. The van der Waals surface area contributed by atoms with E-state index in [2.05, 4.69) is 24.4 Å². The van der Waals surface area contributed by atoms with Crippen molar-refractivity contribution in [2.75, 3.05) is 33.0 Å². The Morgan fingerprint density at radius 1 is 1.20 bits per heavy atom. The Morgan fingerprint density at radius 2 is 1.96 bits per heavy atom. The summed E-state index contributed by atoms with van der Waals surface area (Å²) >= 11 is 0. The highest BCUT2D eigenvalue weighted by Gasteiger charge is 2.29. The predicted octanol–water partition coefficient (Wildman–Crippen LogP) is 3.36. The fourth-order valence-electron chi connectivity index (χ4n) is 3.77. The van der Waals surface area contributed by atoms with Gasteiger partial charge in [-0.1, -0.05) is 37.3 Å². The van der Waals surface area contributed by atoms with Gasteiger partial charge in [0.05, 0.1) is 25.3 Å². The van der Waals surface area contributed by atoms with Gasteiger partial charge in [-0.15, -0.1) is 0 Å². The smallest absolute Gasteiger partial charge is 0.318 e. The largest absolute Gasteiger partial charge is 0.381 e. The van der Waals surface area contributed by atoms with Crippen LogP contribution in [0.25, 0.3) is 0 Å². The zero-order valence-corrected chi connectivity index (χ0v) is 15.2. The van der Waals surface area contributed by atoms with Gasteiger partial charge in [-0.2, -0.15) is 0 Å². The van der Waals surface area contributed by atoms with Crippen LogP contribution in [0.2, 0.25) is 0 Å². The van der Waals surface area contributed by atoms with E-state index in [1.54, 1.807) is 0 Å². The number of nitrogens with zero attached hydrogens (tertiary/aromatic N) is 1. The SMILES string of the molecule is CC[C@@H]1COCCN1C(=O)N[C@@H](CC1CCOCC1)c1ccccc1. The van der Waals surface area contributed by atoms with E-state index >= 15 is 0 Å². The molecule has 1 N–H and O–H groups in total. The van der Waals surface area contributed by atoms with Crippen molar-refractivity contribution in [3.63, 3.8) is 0 Å². The molecule has 2 heterocycles. The quantitative estimate of drug-likeness (QED) is 0.889. The maximum Gasteiger partial charge on any atom is 0.318 e. The van der Waals surface area contributed by atoms with Crippen LogP contribution in [0.3, 0.4) is 0 Å². The van der Waals surface area contributed by atoms with Gasteiger partial charge in [0.25, 0.3) is 0 Å². The van der Waals surface area contributed by atoms with Crippen LogP contribution in [0, 0.1) is 5.92 Å². The molecule has 138 valence electrons. The van der Waals surface area contributed by atoms with E-state index in [-0.39, 0.29) is 18.1 Å². The number of hydrogen-bond acceptors (Lipinski definition) is 3. The highest BCUT2D eigenvalue weighted by Crippen LogP contribution is 2.28. The average molecular weight is 346 g/mol. The number of carbonyl (C=O) groups excluding carboxylic acids is 1. The number of benzene rings is 1. The molecule has 2 saturated heterocycles. The first-order chi connectivity index (χ1) is 12.3. The summed E-state index contributed by atoms with van der Waals surface area (Å²) in [6, 6.07) is 10.6. The molecule has 0 saturated carbocycles. The van der Waals surface area contributed by atoms with Crippen molar-refractivity contribution in [3.8, 4) is 0 Å². The summed E-state index contributed by atoms with van der Waals surface area (Å²) in [6.45, 7) is 5.71. The molecular weight excluding hydrogens is 316 g/mol. The summed E-state index contributed by atoms with van der Waals surface area (Å²) in [5, 5.41) is 3.31. The molecule has 1 aromatic carbocycles. The van der Waals surface area contributed by atoms with Crippen LogP contribution in [-0.4, -0.2) is 49.9 Å². The van der Waals surface area contributed by atoms with Crippen molar-refractivity contribution in [1.29, 1.82) is 0 Å². The molecule has 5 heteroatoms. The summed E-state index contributed by atoms with van der Waals surface area (Å²) in [5.74, 6) is 0.603. The second kappa shape index (κ2) is 9.20. The van der Waals surface area contributed by atoms with Gasteiger partial charge in [-0.3, -0.25) is 0 Å². The Kier molecular flexibility index (Phi) is 6.70. The minimum absolute atomic E-state index is 0.0380. The molecular formula is C20H30N2O3. The Morgan fingerprint density at radius 3 is 2.68 bits per heavy atom. The van der Waals surface area contributed by atoms with E-state index in [4.69, 9.17) is 9.47 Å². The number of nitrogens with one attached hydrogen (secondary N) is 1. The van der Waals surface area contributed by atoms with E-state index in [1.165, 1.54) is 5.56 Å². The fraction of sp³-hybridized carbons (Fsp3) is 0.650. The summed E-state index contributed by atoms with van der Waals surface area (Å²) in [6.07, 6.45) is 4.05. The van der Waals surface area contributed by atoms with Crippen LogP contribution < -0.4 is 5.32 Å². The van der Waals surface area contributed by atoms with Gasteiger partial charge in [0.15, 0.2) is 0 Å². The molecule has 25 heavy (non-hydrogen) atoms. The van der Waals surface area contributed by atoms with Gasteiger partial charge in [0.2, 0.25) is 0 Å². The first-order valence-electron chi connectivity index (χ1n) is 9.55. The molecule has 0 spiro atoms. The molecule has 2 amide bonds. The summed E-state index contributed by atoms with van der Waals surface area (Å²) < 4.78 is 11.0. The van der Waals surface area contributed by atoms with Gasteiger partial charge in [0, 0.05) is 19.8 Å². The van der Waals surface area contributed by atoms with Crippen molar-refractivity contribution in [2.45, 2.75) is 44.7 Å². The topological polar surface area (TPSA) is 50.8 Å². The summed E-state index contributed by atoms with van der Waals surface area (Å²) in [4.78, 5) is 14.9. The van der Waals surface area contributed by atoms with Crippen molar-refractivity contribution < 1.29 is 14.3 Å². The molecule has 2 aliphatic rings. The lowest BCUT2D eigenvalue weighted by atomic mass is 9.89. The van der Waals surface area contributed by atoms with E-state index in [0.717, 1.165) is 38.9 Å². The summed E-state index contributed by atoms with van der Waals surface area (Å²) in [7, 11) is 0. The van der Waals surface area contributed by atoms with Gasteiger partial charge in [0.1, 0.15) is 0 Å². The van der Waals surface area contributed by atoms with Gasteiger partial charge in [-0.25, -0.2) is 4.79 Å². The Balaban J connectivity index is 1.69. The van der Waals surface area contributed by atoms with Gasteiger partial charge in [-0.05, 0) is 37.2 Å². The van der Waals surface area contributed by atoms with Crippen molar-refractivity contribution in [2.24, 2.45) is 5.92 Å². The number of hydrogen-bond donors (Lipinski definition) is 1. The first kappa shape index (κ1) is 18.2. The molecule has 2 fully saturated rings. The number of urea groups is 1. The van der Waals surface area contributed by atoms with Crippen LogP contribution >= 0.6 is 0 Å². The third kappa shape index (κ3) is 4.95. The monoisotopic (exact) mass is 346 g/mol. The molecule has 3 rings (SSSR count). The molecule has 0 unspecified atom stereocenters. The number of amides is 2. The van der Waals surface area contributed by atoms with Crippen LogP contribution in [0.1, 0.15) is 44.2 Å². The standard InChI is InChI=1S/C20H30N2O3/c1-2-18-15-25-13-10-22(18)20(23)21-19(17-6-4-3-5-7-17)14-16-8-11-24-12-9-16/h3-7,16,18-19H,2,8-15H2,1H3,(H,21,23)/t18-,19+/m1/s1. The highest BCUT2D eigenvalue weighted by molar-refractivity contribution is 5.75. The van der Waals surface area contributed by atoms with Gasteiger partial charge < -0.3 is 19.7 Å². The highest BCUT2D eigenvalue weighted by atomic mass is 16.5. The minimum Gasteiger partial charge on any atom is -0.381 e. The number of carbonyl (C=O) groups is 1. The molecule has 2 atom stereocenters. The predicted molar refractivity (Wildman–Crippen MR) is 97.5 cm³/mol. The van der Waals surface area contributed by atoms with Crippen molar-refractivity contribution in [3.05, 3.63) is 35.9 Å². The van der Waals surface area contributed by atoms with Crippen molar-refractivity contribution in [1.82, 2.24) is 10.2 Å². The zero-order valence-electron chi connectivity index (χ0n) is 15.2. The third-order valence-corrected chi connectivity index (χ3v) is 5.37. The van der Waals surface area contributed by atoms with Gasteiger partial charge >= 0.3 is 6.03 Å². The lowest BCUT2D eigenvalue weighted by Crippen LogP contribution is -2.53. The van der Waals surface area contributed by atoms with Crippen LogP contribution in [0.4, 0.5) is 4.79 Å². The fourth-order valence-corrected chi connectivity index (χ4v) is 3.77. The molecule has 0 radical (unpaired) electrons. The normalized spacial score (nSPS) is 23.2. The number of ether oxygens (including phenoxy) is 2. The molecule has 0 aromatic heterocycles. The number of morpholine rings is 1. The Bertz CT molecular complexity index is 531. The van der Waals surface area contributed by atoms with Crippen LogP contribution in [0.5, 0.6) is 0 Å².